The molecule has 0 radical (unpaired) electrons. The summed E-state index contributed by atoms with van der Waals surface area (Å²) in [5.41, 5.74) is -1.27. The fourth-order valence-corrected chi connectivity index (χ4v) is 1.59. The number of carbonyl (C=O) groups is 2. The number of cyclic esters (lactones) is 1. The maximum atomic E-state index is 11.1. The average Bonchev–Trinajstić information content (AvgIpc) is 2.17. The van der Waals surface area contributed by atoms with E-state index in [9.17, 15) is 9.59 Å². The van der Waals surface area contributed by atoms with Gasteiger partial charge in [-0.2, -0.15) is 0 Å². The molecule has 2 atom stereocenters. The molecule has 2 fully saturated rings. The van der Waals surface area contributed by atoms with E-state index in [1.165, 1.54) is 0 Å². The molecule has 0 amide bonds. The highest BCUT2D eigenvalue weighted by atomic mass is 16.5. The zero-order chi connectivity index (χ0) is 7.57. The van der Waals surface area contributed by atoms with Crippen LogP contribution in [-0.4, -0.2) is 18.4 Å². The van der Waals surface area contributed by atoms with E-state index in [4.69, 9.17) is 4.74 Å². The van der Waals surface area contributed by atoms with Gasteiger partial charge in [-0.05, 0) is 13.8 Å². The largest absolute Gasteiger partial charge is 0.464 e. The van der Waals surface area contributed by atoms with Crippen molar-refractivity contribution in [3.63, 3.8) is 0 Å². The van der Waals surface area contributed by atoms with Crippen LogP contribution in [0, 0.1) is 10.8 Å². The number of esters is 1. The fourth-order valence-electron chi connectivity index (χ4n) is 1.59. The molecule has 2 rings (SSSR count). The zero-order valence-electron chi connectivity index (χ0n) is 5.93. The second-order valence-electron chi connectivity index (χ2n) is 3.36. The second kappa shape index (κ2) is 1.13. The van der Waals surface area contributed by atoms with Gasteiger partial charge in [0, 0.05) is 0 Å². The van der Waals surface area contributed by atoms with Gasteiger partial charge in [-0.3, -0.25) is 9.59 Å². The molecule has 3 heteroatoms. The zero-order valence-corrected chi connectivity index (χ0v) is 5.93. The lowest BCUT2D eigenvalue weighted by molar-refractivity contribution is -0.146. The van der Waals surface area contributed by atoms with E-state index in [-0.39, 0.29) is 18.4 Å². The molecule has 0 bridgehead atoms. The van der Waals surface area contributed by atoms with Crippen molar-refractivity contribution in [1.29, 1.82) is 0 Å². The van der Waals surface area contributed by atoms with Crippen molar-refractivity contribution in [2.75, 3.05) is 6.61 Å². The van der Waals surface area contributed by atoms with Crippen LogP contribution < -0.4 is 0 Å². The van der Waals surface area contributed by atoms with Crippen LogP contribution in [0.2, 0.25) is 0 Å². The van der Waals surface area contributed by atoms with Crippen molar-refractivity contribution in [1.82, 2.24) is 0 Å². The van der Waals surface area contributed by atoms with Gasteiger partial charge in [0.15, 0.2) is 5.78 Å². The number of ether oxygens (including phenoxy) is 1. The van der Waals surface area contributed by atoms with E-state index in [2.05, 4.69) is 0 Å². The van der Waals surface area contributed by atoms with Gasteiger partial charge in [-0.15, -0.1) is 0 Å². The summed E-state index contributed by atoms with van der Waals surface area (Å²) < 4.78 is 4.73. The summed E-state index contributed by atoms with van der Waals surface area (Å²) in [5, 5.41) is 0. The van der Waals surface area contributed by atoms with Gasteiger partial charge in [0.2, 0.25) is 0 Å². The van der Waals surface area contributed by atoms with E-state index in [1.807, 2.05) is 0 Å². The standard InChI is InChI=1S/C7H8O3/c1-6-3-10-5(9)7(6,2)4(6)8/h3H2,1-2H3. The van der Waals surface area contributed by atoms with Gasteiger partial charge in [-0.25, -0.2) is 0 Å². The molecule has 1 saturated heterocycles. The van der Waals surface area contributed by atoms with Crippen molar-refractivity contribution >= 4 is 11.8 Å². The first kappa shape index (κ1) is 5.89. The minimum absolute atomic E-state index is 0.0382. The molecule has 0 aromatic carbocycles. The van der Waals surface area contributed by atoms with Crippen LogP contribution in [0.3, 0.4) is 0 Å². The highest BCUT2D eigenvalue weighted by Gasteiger charge is 2.81. The lowest BCUT2D eigenvalue weighted by Crippen LogP contribution is -2.13. The molecular formula is C7H8O3. The Kier molecular flexibility index (Phi) is 0.667. The van der Waals surface area contributed by atoms with Gasteiger partial charge < -0.3 is 4.74 Å². The first-order valence-corrected chi connectivity index (χ1v) is 3.25. The number of Topliss-reactive ketones (excluding diaryl/α,β-unsaturated/α-hetero) is 1. The highest BCUT2D eigenvalue weighted by Crippen LogP contribution is 2.63. The van der Waals surface area contributed by atoms with E-state index in [1.54, 1.807) is 13.8 Å². The molecule has 1 aliphatic heterocycles. The molecule has 54 valence electrons. The van der Waals surface area contributed by atoms with Gasteiger partial charge in [0.05, 0.1) is 5.41 Å². The third kappa shape index (κ3) is 0.296. The Bertz CT molecular complexity index is 235. The molecule has 10 heavy (non-hydrogen) atoms. The minimum atomic E-state index is -0.785. The van der Waals surface area contributed by atoms with E-state index >= 15 is 0 Å². The number of fused-ring (bicyclic) bond motifs is 1. The lowest BCUT2D eigenvalue weighted by atomic mass is 10.0. The van der Waals surface area contributed by atoms with E-state index < -0.39 is 10.8 Å². The van der Waals surface area contributed by atoms with Crippen molar-refractivity contribution in [3.05, 3.63) is 0 Å². The van der Waals surface area contributed by atoms with Crippen LogP contribution in [0.5, 0.6) is 0 Å². The Morgan fingerprint density at radius 2 is 2.00 bits per heavy atom. The summed E-state index contributed by atoms with van der Waals surface area (Å²) in [6.07, 6.45) is 0. The van der Waals surface area contributed by atoms with Gasteiger partial charge in [-0.1, -0.05) is 0 Å². The topological polar surface area (TPSA) is 43.4 Å². The molecule has 0 aromatic heterocycles. The Balaban J connectivity index is 2.50. The van der Waals surface area contributed by atoms with Crippen LogP contribution in [0.1, 0.15) is 13.8 Å². The minimum Gasteiger partial charge on any atom is -0.464 e. The summed E-state index contributed by atoms with van der Waals surface area (Å²) in [4.78, 5) is 22.0. The molecule has 0 aromatic rings. The van der Waals surface area contributed by atoms with Crippen LogP contribution in [0.4, 0.5) is 0 Å². The Labute approximate surface area is 58.4 Å². The highest BCUT2D eigenvalue weighted by molar-refractivity contribution is 6.24. The molecule has 0 N–H and O–H groups in total. The number of hydrogen-bond acceptors (Lipinski definition) is 3. The van der Waals surface area contributed by atoms with Crippen molar-refractivity contribution in [2.24, 2.45) is 10.8 Å². The summed E-state index contributed by atoms with van der Waals surface area (Å²) in [7, 11) is 0. The predicted molar refractivity (Wildman–Crippen MR) is 32.2 cm³/mol. The predicted octanol–water partition coefficient (Wildman–Crippen LogP) is 0.139. The Morgan fingerprint density at radius 3 is 2.20 bits per heavy atom. The maximum absolute atomic E-state index is 11.1. The number of hydrogen-bond donors (Lipinski definition) is 0. The maximum Gasteiger partial charge on any atom is 0.320 e. The molecule has 0 spiro atoms. The number of carbonyl (C=O) groups excluding carboxylic acids is 2. The normalized spacial score (nSPS) is 50.6. The first-order chi connectivity index (χ1) is 4.53. The van der Waals surface area contributed by atoms with Crippen molar-refractivity contribution in [2.45, 2.75) is 13.8 Å². The molecule has 2 aliphatic rings. The molecule has 1 saturated carbocycles. The van der Waals surface area contributed by atoms with E-state index in [0.717, 1.165) is 0 Å². The summed E-state index contributed by atoms with van der Waals surface area (Å²) >= 11 is 0. The number of ketones is 1. The molecule has 3 nitrogen and oxygen atoms in total. The number of rotatable bonds is 0. The Hall–Kier alpha value is -0.860. The van der Waals surface area contributed by atoms with Crippen LogP contribution in [-0.2, 0) is 14.3 Å². The molecule has 1 aliphatic carbocycles. The molecule has 2 unspecified atom stereocenters. The quantitative estimate of drug-likeness (QED) is 0.355. The third-order valence-corrected chi connectivity index (χ3v) is 2.90. The van der Waals surface area contributed by atoms with Gasteiger partial charge in [0.1, 0.15) is 12.0 Å². The SMILES string of the molecule is CC12COC(=O)C1(C)C2=O. The average molecular weight is 140 g/mol. The van der Waals surface area contributed by atoms with Crippen LogP contribution in [0.25, 0.3) is 0 Å². The second-order valence-corrected chi connectivity index (χ2v) is 3.36. The summed E-state index contributed by atoms with van der Waals surface area (Å²) in [6, 6.07) is 0. The monoisotopic (exact) mass is 140 g/mol. The van der Waals surface area contributed by atoms with Crippen molar-refractivity contribution in [3.8, 4) is 0 Å². The Morgan fingerprint density at radius 1 is 1.40 bits per heavy atom. The summed E-state index contributed by atoms with van der Waals surface area (Å²) in [5.74, 6) is -0.309. The van der Waals surface area contributed by atoms with Crippen LogP contribution in [0.15, 0.2) is 0 Å². The first-order valence-electron chi connectivity index (χ1n) is 3.25. The molecular weight excluding hydrogens is 132 g/mol. The van der Waals surface area contributed by atoms with Crippen LogP contribution >= 0.6 is 0 Å². The molecule has 1 heterocycles. The lowest BCUT2D eigenvalue weighted by Gasteiger charge is -1.96. The smallest absolute Gasteiger partial charge is 0.320 e. The van der Waals surface area contributed by atoms with Gasteiger partial charge >= 0.3 is 5.97 Å². The van der Waals surface area contributed by atoms with Gasteiger partial charge in [0.25, 0.3) is 0 Å². The van der Waals surface area contributed by atoms with E-state index in [0.29, 0.717) is 0 Å². The third-order valence-electron chi connectivity index (χ3n) is 2.90. The van der Waals surface area contributed by atoms with Crippen molar-refractivity contribution < 1.29 is 14.3 Å². The fraction of sp³-hybridized carbons (Fsp3) is 0.714. The summed E-state index contributed by atoms with van der Waals surface area (Å²) in [6.45, 7) is 3.71.